The Morgan fingerprint density at radius 1 is 0.842 bits per heavy atom. The number of carbonyl (C=O) groups is 2. The van der Waals surface area contributed by atoms with Crippen molar-refractivity contribution in [2.45, 2.75) is 12.2 Å². The van der Waals surface area contributed by atoms with Crippen LogP contribution in [-0.4, -0.2) is 84.2 Å². The van der Waals surface area contributed by atoms with Crippen molar-refractivity contribution in [3.8, 4) is 0 Å². The van der Waals surface area contributed by atoms with E-state index in [2.05, 4.69) is 14.2 Å². The molecule has 0 saturated carbocycles. The van der Waals surface area contributed by atoms with E-state index in [9.17, 15) is 9.59 Å². The molecule has 2 unspecified atom stereocenters. The van der Waals surface area contributed by atoms with Crippen LogP contribution >= 0.6 is 0 Å². The Morgan fingerprint density at radius 3 is 1.53 bits per heavy atom. The predicted octanol–water partition coefficient (Wildman–Crippen LogP) is -3.20. The average Bonchev–Trinajstić information content (AvgIpc) is 2.41. The maximum atomic E-state index is 11.0. The molecule has 0 heterocycles. The molecule has 0 bridgehead atoms. The van der Waals surface area contributed by atoms with Crippen molar-refractivity contribution in [2.75, 3.05) is 39.6 Å². The van der Waals surface area contributed by atoms with Crippen molar-refractivity contribution in [3.63, 3.8) is 0 Å². The lowest BCUT2D eigenvalue weighted by molar-refractivity contribution is -0.159. The first kappa shape index (κ1) is 17.7. The van der Waals surface area contributed by atoms with Crippen molar-refractivity contribution in [1.29, 1.82) is 0 Å². The molecule has 0 aliphatic rings. The number of hydrogen-bond donors (Lipinski definition) is 4. The monoisotopic (exact) mass is 282 g/mol. The number of rotatable bonds is 10. The maximum Gasteiger partial charge on any atom is 0.332 e. The molecular weight excluding hydrogens is 264 g/mol. The zero-order valence-electron chi connectivity index (χ0n) is 10.2. The quantitative estimate of drug-likeness (QED) is 0.304. The molecule has 9 nitrogen and oxygen atoms in total. The van der Waals surface area contributed by atoms with Gasteiger partial charge in [-0.2, -0.15) is 0 Å². The van der Waals surface area contributed by atoms with Crippen molar-refractivity contribution in [1.82, 2.24) is 0 Å². The highest BCUT2D eigenvalue weighted by molar-refractivity contribution is 5.73. The summed E-state index contributed by atoms with van der Waals surface area (Å²) in [5, 5.41) is 34.7. The smallest absolute Gasteiger partial charge is 0.332 e. The Balaban J connectivity index is 3.56. The molecule has 0 saturated heterocycles. The Labute approximate surface area is 109 Å². The van der Waals surface area contributed by atoms with Gasteiger partial charge in [0.2, 0.25) is 0 Å². The van der Waals surface area contributed by atoms with Gasteiger partial charge < -0.3 is 34.6 Å². The zero-order chi connectivity index (χ0) is 14.7. The van der Waals surface area contributed by atoms with Gasteiger partial charge in [-0.3, -0.25) is 0 Å². The number of esters is 2. The van der Waals surface area contributed by atoms with Crippen molar-refractivity contribution >= 4 is 11.9 Å². The Bertz CT molecular complexity index is 242. The van der Waals surface area contributed by atoms with Gasteiger partial charge in [0.25, 0.3) is 0 Å². The molecule has 0 aliphatic heterocycles. The second-order valence-electron chi connectivity index (χ2n) is 3.53. The largest absolute Gasteiger partial charge is 0.461 e. The first-order chi connectivity index (χ1) is 8.99. The molecule has 19 heavy (non-hydrogen) atoms. The van der Waals surface area contributed by atoms with Crippen molar-refractivity contribution < 1.29 is 44.2 Å². The highest BCUT2D eigenvalue weighted by Gasteiger charge is 2.11. The van der Waals surface area contributed by atoms with E-state index < -0.39 is 50.6 Å². The SMILES string of the molecule is O=C(COCC(=O)OCC(O)CO)OCC(O)CO. The van der Waals surface area contributed by atoms with Crippen LogP contribution in [0.15, 0.2) is 0 Å². The van der Waals surface area contributed by atoms with Gasteiger partial charge in [0.05, 0.1) is 13.2 Å². The molecule has 9 heteroatoms. The second-order valence-corrected chi connectivity index (χ2v) is 3.53. The minimum absolute atomic E-state index is 0.369. The molecule has 0 fully saturated rings. The van der Waals surface area contributed by atoms with Gasteiger partial charge in [0.1, 0.15) is 38.6 Å². The Hall–Kier alpha value is -1.26. The summed E-state index contributed by atoms with van der Waals surface area (Å²) in [6.07, 6.45) is -2.32. The van der Waals surface area contributed by atoms with Gasteiger partial charge in [-0.05, 0) is 0 Å². The fraction of sp³-hybridized carbons (Fsp3) is 0.800. The second kappa shape index (κ2) is 10.6. The molecular formula is C10H18O9. The minimum atomic E-state index is -1.16. The van der Waals surface area contributed by atoms with Crippen LogP contribution in [0, 0.1) is 0 Å². The summed E-state index contributed by atoms with van der Waals surface area (Å²) in [5.74, 6) is -1.62. The lowest BCUT2D eigenvalue weighted by Gasteiger charge is -2.10. The highest BCUT2D eigenvalue weighted by Crippen LogP contribution is 1.89. The number of ether oxygens (including phenoxy) is 3. The van der Waals surface area contributed by atoms with Gasteiger partial charge >= 0.3 is 11.9 Å². The maximum absolute atomic E-state index is 11.0. The molecule has 0 aromatic heterocycles. The predicted molar refractivity (Wildman–Crippen MR) is 58.9 cm³/mol. The Morgan fingerprint density at radius 2 is 1.21 bits per heavy atom. The zero-order valence-corrected chi connectivity index (χ0v) is 10.2. The van der Waals surface area contributed by atoms with Gasteiger partial charge in [-0.25, -0.2) is 9.59 Å². The molecule has 0 spiro atoms. The first-order valence-electron chi connectivity index (χ1n) is 5.46. The lowest BCUT2D eigenvalue weighted by Crippen LogP contribution is -2.26. The molecule has 0 radical (unpaired) electrons. The molecule has 0 aromatic rings. The summed E-state index contributed by atoms with van der Waals surface area (Å²) in [6.45, 7) is -2.84. The van der Waals surface area contributed by atoms with Crippen LogP contribution in [-0.2, 0) is 23.8 Å². The van der Waals surface area contributed by atoms with Crippen LogP contribution in [0.2, 0.25) is 0 Å². The summed E-state index contributed by atoms with van der Waals surface area (Å²) < 4.78 is 13.6. The lowest BCUT2D eigenvalue weighted by atomic mass is 10.4. The van der Waals surface area contributed by atoms with Crippen LogP contribution in [0.4, 0.5) is 0 Å². The third kappa shape index (κ3) is 10.4. The van der Waals surface area contributed by atoms with E-state index >= 15 is 0 Å². The Kier molecular flexibility index (Phi) is 9.94. The van der Waals surface area contributed by atoms with Gasteiger partial charge in [0, 0.05) is 0 Å². The van der Waals surface area contributed by atoms with E-state index in [0.717, 1.165) is 0 Å². The normalized spacial score (nSPS) is 13.7. The molecule has 0 aromatic carbocycles. The first-order valence-corrected chi connectivity index (χ1v) is 5.46. The van der Waals surface area contributed by atoms with Gasteiger partial charge in [-0.1, -0.05) is 0 Å². The third-order valence-corrected chi connectivity index (χ3v) is 1.73. The van der Waals surface area contributed by atoms with Crippen LogP contribution in [0.1, 0.15) is 0 Å². The number of aliphatic hydroxyl groups excluding tert-OH is 4. The molecule has 0 rings (SSSR count). The third-order valence-electron chi connectivity index (χ3n) is 1.73. The summed E-state index contributed by atoms with van der Waals surface area (Å²) in [7, 11) is 0. The number of aliphatic hydroxyl groups is 4. The molecule has 2 atom stereocenters. The topological polar surface area (TPSA) is 143 Å². The summed E-state index contributed by atoms with van der Waals surface area (Å²) in [5.41, 5.74) is 0. The summed E-state index contributed by atoms with van der Waals surface area (Å²) in [4.78, 5) is 22.0. The molecule has 4 N–H and O–H groups in total. The summed E-state index contributed by atoms with van der Waals surface area (Å²) >= 11 is 0. The molecule has 0 amide bonds. The van der Waals surface area contributed by atoms with Crippen molar-refractivity contribution in [2.24, 2.45) is 0 Å². The number of carbonyl (C=O) groups excluding carboxylic acids is 2. The minimum Gasteiger partial charge on any atom is -0.461 e. The van der Waals surface area contributed by atoms with Crippen LogP contribution in [0.5, 0.6) is 0 Å². The summed E-state index contributed by atoms with van der Waals surface area (Å²) in [6, 6.07) is 0. The van der Waals surface area contributed by atoms with E-state index in [1.807, 2.05) is 0 Å². The van der Waals surface area contributed by atoms with E-state index in [1.165, 1.54) is 0 Å². The average molecular weight is 282 g/mol. The van der Waals surface area contributed by atoms with Crippen LogP contribution in [0.3, 0.4) is 0 Å². The van der Waals surface area contributed by atoms with E-state index in [1.54, 1.807) is 0 Å². The standard InChI is InChI=1S/C10H18O9/c11-1-7(13)3-18-9(15)5-17-6-10(16)19-4-8(14)2-12/h7-8,11-14H,1-6H2. The van der Waals surface area contributed by atoms with E-state index in [-0.39, 0.29) is 13.2 Å². The van der Waals surface area contributed by atoms with E-state index in [0.29, 0.717) is 0 Å². The van der Waals surface area contributed by atoms with Gasteiger partial charge in [0.15, 0.2) is 0 Å². The van der Waals surface area contributed by atoms with Crippen molar-refractivity contribution in [3.05, 3.63) is 0 Å². The highest BCUT2D eigenvalue weighted by atomic mass is 16.6. The fourth-order valence-corrected chi connectivity index (χ4v) is 0.785. The van der Waals surface area contributed by atoms with Crippen LogP contribution < -0.4 is 0 Å². The molecule has 0 aliphatic carbocycles. The van der Waals surface area contributed by atoms with E-state index in [4.69, 9.17) is 20.4 Å². The van der Waals surface area contributed by atoms with Gasteiger partial charge in [-0.15, -0.1) is 0 Å². The van der Waals surface area contributed by atoms with Crippen LogP contribution in [0.25, 0.3) is 0 Å². The number of hydrogen-bond acceptors (Lipinski definition) is 9. The fourth-order valence-electron chi connectivity index (χ4n) is 0.785. The molecule has 112 valence electrons.